The van der Waals surface area contributed by atoms with Crippen molar-refractivity contribution in [3.63, 3.8) is 0 Å². The highest BCUT2D eigenvalue weighted by Gasteiger charge is 2.58. The molecule has 2 fully saturated rings. The minimum atomic E-state index is -4.39. The standard InChI is InChI=1S/C16H17F3N4O/c1-10-21-22-14(24-10)12-9-15(12)4-7-23(8-5-15)13-11(16(17,18)19)3-2-6-20-13/h2-3,6,12H,4-5,7-9H2,1H3. The Morgan fingerprint density at radius 1 is 1.25 bits per heavy atom. The van der Waals surface area contributed by atoms with Gasteiger partial charge in [-0.05, 0) is 36.8 Å². The number of pyridine rings is 1. The van der Waals surface area contributed by atoms with Gasteiger partial charge in [-0.1, -0.05) is 0 Å². The molecule has 0 aromatic carbocycles. The number of aromatic nitrogens is 3. The topological polar surface area (TPSA) is 55.1 Å². The first-order valence-corrected chi connectivity index (χ1v) is 7.96. The average molecular weight is 338 g/mol. The van der Waals surface area contributed by atoms with Crippen LogP contribution < -0.4 is 4.90 Å². The van der Waals surface area contributed by atoms with E-state index in [4.69, 9.17) is 4.42 Å². The summed E-state index contributed by atoms with van der Waals surface area (Å²) in [5, 5.41) is 7.95. The molecule has 0 N–H and O–H groups in total. The zero-order valence-electron chi connectivity index (χ0n) is 13.2. The number of hydrogen-bond acceptors (Lipinski definition) is 5. The summed E-state index contributed by atoms with van der Waals surface area (Å²) in [4.78, 5) is 5.72. The molecule has 2 aliphatic rings. The van der Waals surface area contributed by atoms with E-state index in [0.29, 0.717) is 24.9 Å². The number of rotatable bonds is 2. The van der Waals surface area contributed by atoms with Crippen molar-refractivity contribution in [2.75, 3.05) is 18.0 Å². The van der Waals surface area contributed by atoms with E-state index in [0.717, 1.165) is 25.3 Å². The molecule has 128 valence electrons. The van der Waals surface area contributed by atoms with Crippen molar-refractivity contribution in [3.05, 3.63) is 35.7 Å². The number of alkyl halides is 3. The lowest BCUT2D eigenvalue weighted by Crippen LogP contribution is -2.36. The fraction of sp³-hybridized carbons (Fsp3) is 0.562. The summed E-state index contributed by atoms with van der Waals surface area (Å²) in [5.74, 6) is 1.49. The van der Waals surface area contributed by atoms with Crippen LogP contribution in [0.3, 0.4) is 0 Å². The molecule has 24 heavy (non-hydrogen) atoms. The van der Waals surface area contributed by atoms with Gasteiger partial charge in [-0.2, -0.15) is 13.2 Å². The summed E-state index contributed by atoms with van der Waals surface area (Å²) in [6.07, 6.45) is -0.380. The fourth-order valence-electron chi connectivity index (χ4n) is 3.74. The van der Waals surface area contributed by atoms with Crippen molar-refractivity contribution >= 4 is 5.82 Å². The molecule has 2 aromatic rings. The maximum atomic E-state index is 13.2. The van der Waals surface area contributed by atoms with Gasteiger partial charge >= 0.3 is 6.18 Å². The van der Waals surface area contributed by atoms with Gasteiger partial charge in [-0.25, -0.2) is 4.98 Å². The van der Waals surface area contributed by atoms with Crippen molar-refractivity contribution in [2.24, 2.45) is 5.41 Å². The minimum Gasteiger partial charge on any atom is -0.425 e. The molecule has 0 bridgehead atoms. The van der Waals surface area contributed by atoms with Crippen molar-refractivity contribution in [1.29, 1.82) is 0 Å². The second-order valence-electron chi connectivity index (χ2n) is 6.64. The van der Waals surface area contributed by atoms with Crippen LogP contribution in [0.5, 0.6) is 0 Å². The van der Waals surface area contributed by atoms with Crippen LogP contribution in [0.2, 0.25) is 0 Å². The molecular weight excluding hydrogens is 321 g/mol. The van der Waals surface area contributed by atoms with Gasteiger partial charge in [-0.15, -0.1) is 10.2 Å². The third-order valence-corrected chi connectivity index (χ3v) is 5.18. The number of hydrogen-bond donors (Lipinski definition) is 0. The van der Waals surface area contributed by atoms with Crippen LogP contribution in [0.25, 0.3) is 0 Å². The molecule has 1 atom stereocenters. The smallest absolute Gasteiger partial charge is 0.419 e. The van der Waals surface area contributed by atoms with Crippen molar-refractivity contribution in [3.8, 4) is 0 Å². The molecule has 0 radical (unpaired) electrons. The van der Waals surface area contributed by atoms with Crippen LogP contribution in [-0.2, 0) is 6.18 Å². The van der Waals surface area contributed by atoms with E-state index in [-0.39, 0.29) is 17.2 Å². The van der Waals surface area contributed by atoms with E-state index in [9.17, 15) is 13.2 Å². The fourth-order valence-corrected chi connectivity index (χ4v) is 3.74. The van der Waals surface area contributed by atoms with E-state index in [2.05, 4.69) is 15.2 Å². The van der Waals surface area contributed by atoms with Gasteiger partial charge in [0.2, 0.25) is 11.8 Å². The molecule has 1 aliphatic heterocycles. The third kappa shape index (κ3) is 2.53. The highest BCUT2D eigenvalue weighted by Crippen LogP contribution is 2.64. The average Bonchev–Trinajstić information content (AvgIpc) is 3.06. The summed E-state index contributed by atoms with van der Waals surface area (Å²) in [7, 11) is 0. The zero-order valence-corrected chi connectivity index (χ0v) is 13.2. The predicted octanol–water partition coefficient (Wildman–Crippen LogP) is 3.57. The maximum absolute atomic E-state index is 13.2. The lowest BCUT2D eigenvalue weighted by molar-refractivity contribution is -0.137. The molecule has 8 heteroatoms. The van der Waals surface area contributed by atoms with E-state index in [1.165, 1.54) is 12.3 Å². The Morgan fingerprint density at radius 3 is 2.62 bits per heavy atom. The normalized spacial score (nSPS) is 22.8. The SMILES string of the molecule is Cc1nnc(C2CC23CCN(c2ncccc2C(F)(F)F)CC3)o1. The summed E-state index contributed by atoms with van der Waals surface area (Å²) >= 11 is 0. The first-order valence-electron chi connectivity index (χ1n) is 7.96. The quantitative estimate of drug-likeness (QED) is 0.838. The minimum absolute atomic E-state index is 0.0330. The van der Waals surface area contributed by atoms with E-state index in [1.807, 2.05) is 0 Å². The Bertz CT molecular complexity index is 750. The van der Waals surface area contributed by atoms with E-state index < -0.39 is 11.7 Å². The Labute approximate surface area is 136 Å². The maximum Gasteiger partial charge on any atom is 0.419 e. The molecule has 1 saturated carbocycles. The molecule has 5 nitrogen and oxygen atoms in total. The largest absolute Gasteiger partial charge is 0.425 e. The van der Waals surface area contributed by atoms with Crippen molar-refractivity contribution < 1.29 is 17.6 Å². The molecule has 1 unspecified atom stereocenters. The number of nitrogens with zero attached hydrogens (tertiary/aromatic N) is 4. The van der Waals surface area contributed by atoms with E-state index in [1.54, 1.807) is 11.8 Å². The van der Waals surface area contributed by atoms with Crippen LogP contribution in [0.4, 0.5) is 19.0 Å². The third-order valence-electron chi connectivity index (χ3n) is 5.18. The molecule has 1 spiro atoms. The van der Waals surface area contributed by atoms with Crippen LogP contribution in [-0.4, -0.2) is 28.3 Å². The Morgan fingerprint density at radius 2 is 2.00 bits per heavy atom. The Hall–Kier alpha value is -2.12. The zero-order chi connectivity index (χ0) is 16.9. The first-order chi connectivity index (χ1) is 11.4. The van der Waals surface area contributed by atoms with Gasteiger partial charge in [0.1, 0.15) is 5.82 Å². The summed E-state index contributed by atoms with van der Waals surface area (Å²) < 4.78 is 45.0. The molecule has 4 rings (SSSR count). The second kappa shape index (κ2) is 5.19. The van der Waals surface area contributed by atoms with Gasteiger partial charge in [0.25, 0.3) is 0 Å². The summed E-state index contributed by atoms with van der Waals surface area (Å²) in [6.45, 7) is 2.88. The molecule has 3 heterocycles. The Balaban J connectivity index is 1.48. The van der Waals surface area contributed by atoms with Gasteiger partial charge in [0.05, 0.1) is 5.56 Å². The highest BCUT2D eigenvalue weighted by atomic mass is 19.4. The number of anilines is 1. The monoisotopic (exact) mass is 338 g/mol. The van der Waals surface area contributed by atoms with Crippen LogP contribution >= 0.6 is 0 Å². The molecule has 2 aromatic heterocycles. The van der Waals surface area contributed by atoms with E-state index >= 15 is 0 Å². The first kappa shape index (κ1) is 15.4. The van der Waals surface area contributed by atoms with Crippen LogP contribution in [0.1, 0.15) is 42.5 Å². The number of piperidine rings is 1. The van der Waals surface area contributed by atoms with Gasteiger partial charge in [0, 0.05) is 32.1 Å². The molecule has 0 amide bonds. The summed E-state index contributed by atoms with van der Waals surface area (Å²) in [5.41, 5.74) is -0.566. The highest BCUT2D eigenvalue weighted by molar-refractivity contribution is 5.49. The van der Waals surface area contributed by atoms with Crippen LogP contribution in [0.15, 0.2) is 22.7 Å². The lowest BCUT2D eigenvalue weighted by Gasteiger charge is -2.34. The number of aryl methyl sites for hydroxylation is 1. The van der Waals surface area contributed by atoms with Gasteiger partial charge < -0.3 is 9.32 Å². The molecule has 1 saturated heterocycles. The van der Waals surface area contributed by atoms with Crippen molar-refractivity contribution in [1.82, 2.24) is 15.2 Å². The lowest BCUT2D eigenvalue weighted by atomic mass is 9.90. The second-order valence-corrected chi connectivity index (χ2v) is 6.64. The number of halogens is 3. The van der Waals surface area contributed by atoms with Gasteiger partial charge in [-0.3, -0.25) is 0 Å². The predicted molar refractivity (Wildman–Crippen MR) is 79.5 cm³/mol. The van der Waals surface area contributed by atoms with Gasteiger partial charge in [0.15, 0.2) is 0 Å². The summed E-state index contributed by atoms with van der Waals surface area (Å²) in [6, 6.07) is 2.42. The molecule has 1 aliphatic carbocycles. The van der Waals surface area contributed by atoms with Crippen LogP contribution in [0, 0.1) is 12.3 Å². The molecular formula is C16H17F3N4O. The Kier molecular flexibility index (Phi) is 3.33. The van der Waals surface area contributed by atoms with Crippen molar-refractivity contribution in [2.45, 2.75) is 38.3 Å².